The molecule has 0 radical (unpaired) electrons. The van der Waals surface area contributed by atoms with Crippen LogP contribution in [-0.2, 0) is 16.1 Å². The molecule has 0 aliphatic carbocycles. The Morgan fingerprint density at radius 3 is 2.56 bits per heavy atom. The van der Waals surface area contributed by atoms with Crippen LogP contribution in [0.4, 0.5) is 0 Å². The SMILES string of the molecule is CN(C)Cc1ccc([C@H]2CCCCN2C(=O)CCCN2CCOCC2)cc1. The van der Waals surface area contributed by atoms with Crippen molar-refractivity contribution in [2.75, 3.05) is 53.5 Å². The maximum atomic E-state index is 12.9. The van der Waals surface area contributed by atoms with Crippen LogP contribution < -0.4 is 0 Å². The quantitative estimate of drug-likeness (QED) is 0.736. The summed E-state index contributed by atoms with van der Waals surface area (Å²) in [5.41, 5.74) is 2.61. The molecule has 0 unspecified atom stereocenters. The lowest BCUT2D eigenvalue weighted by Crippen LogP contribution is -2.40. The van der Waals surface area contributed by atoms with Crippen molar-refractivity contribution in [3.05, 3.63) is 35.4 Å². The van der Waals surface area contributed by atoms with Crippen LogP contribution in [0.25, 0.3) is 0 Å². The third-order valence-electron chi connectivity index (χ3n) is 5.66. The molecule has 0 spiro atoms. The van der Waals surface area contributed by atoms with E-state index in [-0.39, 0.29) is 6.04 Å². The summed E-state index contributed by atoms with van der Waals surface area (Å²) in [5.74, 6) is 0.324. The Morgan fingerprint density at radius 1 is 1.11 bits per heavy atom. The van der Waals surface area contributed by atoms with Gasteiger partial charge in [0.25, 0.3) is 0 Å². The first kappa shape index (κ1) is 20.3. The zero-order valence-corrected chi connectivity index (χ0v) is 17.0. The lowest BCUT2D eigenvalue weighted by Gasteiger charge is -2.36. The lowest BCUT2D eigenvalue weighted by molar-refractivity contribution is -0.135. The van der Waals surface area contributed by atoms with E-state index in [1.165, 1.54) is 17.5 Å². The fourth-order valence-electron chi connectivity index (χ4n) is 4.21. The van der Waals surface area contributed by atoms with E-state index in [1.807, 2.05) is 0 Å². The minimum atomic E-state index is 0.253. The number of rotatable bonds is 7. The van der Waals surface area contributed by atoms with Crippen LogP contribution >= 0.6 is 0 Å². The monoisotopic (exact) mass is 373 g/mol. The standard InChI is InChI=1S/C22H35N3O2/c1-23(2)18-19-8-10-20(11-9-19)21-6-3-4-13-25(21)22(26)7-5-12-24-14-16-27-17-15-24/h8-11,21H,3-7,12-18H2,1-2H3/t21-/m1/s1. The summed E-state index contributed by atoms with van der Waals surface area (Å²) in [6.45, 7) is 6.51. The molecule has 1 aromatic carbocycles. The van der Waals surface area contributed by atoms with Gasteiger partial charge in [-0.15, -0.1) is 0 Å². The van der Waals surface area contributed by atoms with Gasteiger partial charge >= 0.3 is 0 Å². The topological polar surface area (TPSA) is 36.0 Å². The second-order valence-electron chi connectivity index (χ2n) is 8.14. The number of hydrogen-bond acceptors (Lipinski definition) is 4. The van der Waals surface area contributed by atoms with E-state index in [9.17, 15) is 4.79 Å². The fraction of sp³-hybridized carbons (Fsp3) is 0.682. The van der Waals surface area contributed by atoms with Crippen LogP contribution in [0, 0.1) is 0 Å². The highest BCUT2D eigenvalue weighted by Crippen LogP contribution is 2.31. The van der Waals surface area contributed by atoms with Gasteiger partial charge in [-0.1, -0.05) is 24.3 Å². The molecule has 5 heteroatoms. The predicted molar refractivity (Wildman–Crippen MR) is 109 cm³/mol. The highest BCUT2D eigenvalue weighted by atomic mass is 16.5. The Balaban J connectivity index is 1.54. The molecular formula is C22H35N3O2. The highest BCUT2D eigenvalue weighted by Gasteiger charge is 2.27. The Hall–Kier alpha value is -1.43. The number of ether oxygens (including phenoxy) is 1. The average molecular weight is 374 g/mol. The smallest absolute Gasteiger partial charge is 0.223 e. The summed E-state index contributed by atoms with van der Waals surface area (Å²) in [6, 6.07) is 9.13. The molecule has 2 heterocycles. The third kappa shape index (κ3) is 6.03. The zero-order valence-electron chi connectivity index (χ0n) is 17.0. The van der Waals surface area contributed by atoms with E-state index in [1.54, 1.807) is 0 Å². The fourth-order valence-corrected chi connectivity index (χ4v) is 4.21. The van der Waals surface area contributed by atoms with Crippen LogP contribution in [-0.4, -0.2) is 74.1 Å². The molecule has 2 fully saturated rings. The molecule has 0 saturated carbocycles. The van der Waals surface area contributed by atoms with Crippen molar-refractivity contribution in [2.24, 2.45) is 0 Å². The van der Waals surface area contributed by atoms with E-state index < -0.39 is 0 Å². The predicted octanol–water partition coefficient (Wildman–Crippen LogP) is 2.91. The molecule has 1 amide bonds. The molecule has 0 bridgehead atoms. The molecule has 1 aromatic rings. The van der Waals surface area contributed by atoms with Crippen LogP contribution in [0.3, 0.4) is 0 Å². The van der Waals surface area contributed by atoms with Crippen molar-refractivity contribution in [3.8, 4) is 0 Å². The lowest BCUT2D eigenvalue weighted by atomic mass is 9.94. The summed E-state index contributed by atoms with van der Waals surface area (Å²) in [7, 11) is 4.18. The second-order valence-corrected chi connectivity index (χ2v) is 8.14. The number of benzene rings is 1. The number of carbonyl (C=O) groups is 1. The summed E-state index contributed by atoms with van der Waals surface area (Å²) in [5, 5.41) is 0. The highest BCUT2D eigenvalue weighted by molar-refractivity contribution is 5.76. The van der Waals surface area contributed by atoms with Gasteiger partial charge in [-0.25, -0.2) is 0 Å². The molecular weight excluding hydrogens is 338 g/mol. The van der Waals surface area contributed by atoms with Gasteiger partial charge in [-0.3, -0.25) is 9.69 Å². The largest absolute Gasteiger partial charge is 0.379 e. The molecule has 5 nitrogen and oxygen atoms in total. The third-order valence-corrected chi connectivity index (χ3v) is 5.66. The van der Waals surface area contributed by atoms with Gasteiger partial charge in [0.05, 0.1) is 19.3 Å². The van der Waals surface area contributed by atoms with Crippen molar-refractivity contribution in [3.63, 3.8) is 0 Å². The number of likely N-dealkylation sites (tertiary alicyclic amines) is 1. The van der Waals surface area contributed by atoms with E-state index in [0.717, 1.165) is 65.2 Å². The van der Waals surface area contributed by atoms with Gasteiger partial charge in [-0.2, -0.15) is 0 Å². The van der Waals surface area contributed by atoms with Gasteiger partial charge in [0, 0.05) is 32.6 Å². The second kappa shape index (κ2) is 10.2. The van der Waals surface area contributed by atoms with Crippen molar-refractivity contribution in [1.82, 2.24) is 14.7 Å². The normalized spacial score (nSPS) is 21.6. The van der Waals surface area contributed by atoms with Crippen LogP contribution in [0.15, 0.2) is 24.3 Å². The van der Waals surface area contributed by atoms with Gasteiger partial charge in [-0.05, 0) is 57.5 Å². The van der Waals surface area contributed by atoms with E-state index in [4.69, 9.17) is 4.74 Å². The zero-order chi connectivity index (χ0) is 19.1. The van der Waals surface area contributed by atoms with E-state index in [2.05, 4.69) is 53.1 Å². The van der Waals surface area contributed by atoms with Crippen LogP contribution in [0.2, 0.25) is 0 Å². The maximum absolute atomic E-state index is 12.9. The maximum Gasteiger partial charge on any atom is 0.223 e. The molecule has 2 aliphatic heterocycles. The number of nitrogens with zero attached hydrogens (tertiary/aromatic N) is 3. The summed E-state index contributed by atoms with van der Waals surface area (Å²) >= 11 is 0. The van der Waals surface area contributed by atoms with Gasteiger partial charge < -0.3 is 14.5 Å². The Bertz CT molecular complexity index is 582. The number of piperidine rings is 1. The first-order valence-electron chi connectivity index (χ1n) is 10.5. The molecule has 2 saturated heterocycles. The van der Waals surface area contributed by atoms with Gasteiger partial charge in [0.2, 0.25) is 5.91 Å². The van der Waals surface area contributed by atoms with E-state index in [0.29, 0.717) is 12.3 Å². The summed E-state index contributed by atoms with van der Waals surface area (Å²) in [6.07, 6.45) is 5.03. The molecule has 1 atom stereocenters. The molecule has 2 aliphatic rings. The number of morpholine rings is 1. The molecule has 0 aromatic heterocycles. The minimum absolute atomic E-state index is 0.253. The molecule has 27 heavy (non-hydrogen) atoms. The van der Waals surface area contributed by atoms with Gasteiger partial charge in [0.15, 0.2) is 0 Å². The molecule has 3 rings (SSSR count). The molecule has 150 valence electrons. The first-order chi connectivity index (χ1) is 13.1. The van der Waals surface area contributed by atoms with Crippen molar-refractivity contribution in [1.29, 1.82) is 0 Å². The number of hydrogen-bond donors (Lipinski definition) is 0. The summed E-state index contributed by atoms with van der Waals surface area (Å²) < 4.78 is 5.40. The number of carbonyl (C=O) groups excluding carboxylic acids is 1. The first-order valence-corrected chi connectivity index (χ1v) is 10.5. The van der Waals surface area contributed by atoms with Gasteiger partial charge in [0.1, 0.15) is 0 Å². The Morgan fingerprint density at radius 2 is 1.85 bits per heavy atom. The number of amides is 1. The molecule has 0 N–H and O–H groups in total. The van der Waals surface area contributed by atoms with E-state index >= 15 is 0 Å². The van der Waals surface area contributed by atoms with Crippen LogP contribution in [0.5, 0.6) is 0 Å². The summed E-state index contributed by atoms with van der Waals surface area (Å²) in [4.78, 5) is 19.6. The van der Waals surface area contributed by atoms with Crippen molar-refractivity contribution >= 4 is 5.91 Å². The Kier molecular flexibility index (Phi) is 7.68. The Labute approximate surface area is 164 Å². The average Bonchev–Trinajstić information content (AvgIpc) is 2.69. The van der Waals surface area contributed by atoms with Crippen LogP contribution in [0.1, 0.15) is 49.3 Å². The van der Waals surface area contributed by atoms with Crippen molar-refractivity contribution < 1.29 is 9.53 Å². The minimum Gasteiger partial charge on any atom is -0.379 e. The van der Waals surface area contributed by atoms with Crippen molar-refractivity contribution in [2.45, 2.75) is 44.7 Å².